The Kier molecular flexibility index (Phi) is 4.78. The lowest BCUT2D eigenvalue weighted by Crippen LogP contribution is -2.57. The molecule has 0 spiro atoms. The summed E-state index contributed by atoms with van der Waals surface area (Å²) in [4.78, 5) is 3.87. The van der Waals surface area contributed by atoms with Gasteiger partial charge in [-0.25, -0.2) is 0 Å². The molecular weight excluding hydrogens is 244 g/mol. The second kappa shape index (κ2) is 6.15. The highest BCUT2D eigenvalue weighted by Crippen LogP contribution is 2.42. The Balaban J connectivity index is 1.96. The summed E-state index contributed by atoms with van der Waals surface area (Å²) in [6.07, 6.45) is 3.69. The molecule has 1 aromatic heterocycles. The maximum Gasteiger partial charge on any atom is 0.0661 e. The lowest BCUT2D eigenvalue weighted by atomic mass is 9.92. The smallest absolute Gasteiger partial charge is 0.0661 e. The van der Waals surface area contributed by atoms with Crippen molar-refractivity contribution in [1.82, 2.24) is 4.90 Å². The first-order chi connectivity index (χ1) is 8.73. The molecule has 102 valence electrons. The van der Waals surface area contributed by atoms with Crippen LogP contribution in [-0.2, 0) is 11.2 Å². The van der Waals surface area contributed by atoms with E-state index in [4.69, 9.17) is 10.5 Å². The molecule has 2 N–H and O–H groups in total. The van der Waals surface area contributed by atoms with E-state index in [9.17, 15) is 0 Å². The van der Waals surface area contributed by atoms with Crippen LogP contribution >= 0.6 is 11.3 Å². The summed E-state index contributed by atoms with van der Waals surface area (Å²) in [6, 6.07) is 4.32. The molecule has 1 aliphatic carbocycles. The van der Waals surface area contributed by atoms with Gasteiger partial charge in [-0.1, -0.05) is 6.07 Å². The van der Waals surface area contributed by atoms with E-state index in [0.29, 0.717) is 6.54 Å². The molecule has 1 atom stereocenters. The molecule has 1 unspecified atom stereocenters. The fourth-order valence-corrected chi connectivity index (χ4v) is 3.45. The molecule has 0 aromatic carbocycles. The minimum atomic E-state index is 0.0476. The van der Waals surface area contributed by atoms with Gasteiger partial charge in [0.2, 0.25) is 0 Å². The van der Waals surface area contributed by atoms with E-state index in [0.717, 1.165) is 25.5 Å². The van der Waals surface area contributed by atoms with Crippen molar-refractivity contribution in [3.63, 3.8) is 0 Å². The average molecular weight is 268 g/mol. The molecule has 1 saturated carbocycles. The minimum Gasteiger partial charge on any atom is -0.383 e. The fraction of sp³-hybridized carbons (Fsp3) is 0.714. The lowest BCUT2D eigenvalue weighted by molar-refractivity contribution is 0.0158. The molecule has 1 fully saturated rings. The summed E-state index contributed by atoms with van der Waals surface area (Å²) in [5, 5.41) is 2.14. The summed E-state index contributed by atoms with van der Waals surface area (Å²) in [5.41, 5.74) is 6.11. The van der Waals surface area contributed by atoms with E-state index in [1.807, 2.05) is 11.3 Å². The topological polar surface area (TPSA) is 38.5 Å². The van der Waals surface area contributed by atoms with E-state index >= 15 is 0 Å². The first-order valence-corrected chi connectivity index (χ1v) is 7.53. The van der Waals surface area contributed by atoms with Crippen LogP contribution in [0.1, 0.15) is 17.7 Å². The van der Waals surface area contributed by atoms with Crippen LogP contribution in [0.4, 0.5) is 0 Å². The molecule has 2 rings (SSSR count). The first-order valence-electron chi connectivity index (χ1n) is 6.65. The SMILES string of the molecule is COCC(CN)(C1CC1)N(C)CCc1cccs1. The normalized spacial score (nSPS) is 19.1. The van der Waals surface area contributed by atoms with Gasteiger partial charge in [-0.2, -0.15) is 0 Å². The van der Waals surface area contributed by atoms with Crippen LogP contribution in [0.5, 0.6) is 0 Å². The number of thiophene rings is 1. The third kappa shape index (κ3) is 2.94. The van der Waals surface area contributed by atoms with Crippen molar-refractivity contribution in [3.8, 4) is 0 Å². The van der Waals surface area contributed by atoms with Gasteiger partial charge in [0.15, 0.2) is 0 Å². The summed E-state index contributed by atoms with van der Waals surface area (Å²) < 4.78 is 5.44. The third-order valence-electron chi connectivity index (χ3n) is 4.12. The summed E-state index contributed by atoms with van der Waals surface area (Å²) >= 11 is 1.83. The highest BCUT2D eigenvalue weighted by atomic mass is 32.1. The number of hydrogen-bond acceptors (Lipinski definition) is 4. The molecule has 0 amide bonds. The molecule has 0 saturated heterocycles. The van der Waals surface area contributed by atoms with E-state index in [-0.39, 0.29) is 5.54 Å². The highest BCUT2D eigenvalue weighted by Gasteiger charge is 2.46. The van der Waals surface area contributed by atoms with Crippen molar-refractivity contribution >= 4 is 11.3 Å². The molecule has 4 heteroatoms. The van der Waals surface area contributed by atoms with E-state index < -0.39 is 0 Å². The predicted molar refractivity (Wildman–Crippen MR) is 77.0 cm³/mol. The zero-order valence-corrected chi connectivity index (χ0v) is 12.2. The molecule has 0 bridgehead atoms. The molecule has 1 aliphatic rings. The maximum atomic E-state index is 6.07. The quantitative estimate of drug-likeness (QED) is 0.783. The van der Waals surface area contributed by atoms with Crippen LogP contribution in [-0.4, -0.2) is 44.3 Å². The van der Waals surface area contributed by atoms with Gasteiger partial charge in [-0.15, -0.1) is 11.3 Å². The Morgan fingerprint density at radius 3 is 2.83 bits per heavy atom. The van der Waals surface area contributed by atoms with Gasteiger partial charge in [0, 0.05) is 25.1 Å². The van der Waals surface area contributed by atoms with Gasteiger partial charge < -0.3 is 10.5 Å². The number of methoxy groups -OCH3 is 1. The standard InChI is InChI=1S/C14H24N2OS/c1-16(8-7-13-4-3-9-18-13)14(10-15,11-17-2)12-5-6-12/h3-4,9,12H,5-8,10-11,15H2,1-2H3. The van der Waals surface area contributed by atoms with E-state index in [2.05, 4.69) is 29.5 Å². The Bertz CT molecular complexity index is 351. The number of hydrogen-bond donors (Lipinski definition) is 1. The maximum absolute atomic E-state index is 6.07. The molecule has 18 heavy (non-hydrogen) atoms. The van der Waals surface area contributed by atoms with Gasteiger partial charge in [-0.3, -0.25) is 4.90 Å². The Labute approximate surface area is 114 Å². The van der Waals surface area contributed by atoms with Crippen molar-refractivity contribution < 1.29 is 4.74 Å². The van der Waals surface area contributed by atoms with Crippen LogP contribution in [0.15, 0.2) is 17.5 Å². The van der Waals surface area contributed by atoms with Crippen molar-refractivity contribution in [1.29, 1.82) is 0 Å². The van der Waals surface area contributed by atoms with Crippen molar-refractivity contribution in [2.24, 2.45) is 11.7 Å². The summed E-state index contributed by atoms with van der Waals surface area (Å²) in [7, 11) is 3.97. The van der Waals surface area contributed by atoms with Gasteiger partial charge in [-0.05, 0) is 43.7 Å². The van der Waals surface area contributed by atoms with Gasteiger partial charge in [0.1, 0.15) is 0 Å². The Morgan fingerprint density at radius 1 is 1.56 bits per heavy atom. The molecule has 0 aliphatic heterocycles. The van der Waals surface area contributed by atoms with Crippen LogP contribution < -0.4 is 5.73 Å². The van der Waals surface area contributed by atoms with E-state index in [1.165, 1.54) is 17.7 Å². The molecule has 3 nitrogen and oxygen atoms in total. The largest absolute Gasteiger partial charge is 0.383 e. The van der Waals surface area contributed by atoms with Crippen LogP contribution in [0.25, 0.3) is 0 Å². The minimum absolute atomic E-state index is 0.0476. The van der Waals surface area contributed by atoms with Gasteiger partial charge >= 0.3 is 0 Å². The lowest BCUT2D eigenvalue weighted by Gasteiger charge is -2.41. The number of nitrogens with two attached hydrogens (primary N) is 1. The fourth-order valence-electron chi connectivity index (χ4n) is 2.75. The van der Waals surface area contributed by atoms with Crippen LogP contribution in [0.3, 0.4) is 0 Å². The van der Waals surface area contributed by atoms with Crippen molar-refractivity contribution in [2.45, 2.75) is 24.8 Å². The number of rotatable bonds is 8. The third-order valence-corrected chi connectivity index (χ3v) is 5.06. The average Bonchev–Trinajstić information content (AvgIpc) is 3.10. The van der Waals surface area contributed by atoms with Gasteiger partial charge in [0.05, 0.1) is 12.1 Å². The number of likely N-dealkylation sites (N-methyl/N-ethyl adjacent to an activating group) is 1. The Morgan fingerprint density at radius 2 is 2.33 bits per heavy atom. The number of nitrogens with zero attached hydrogens (tertiary/aromatic N) is 1. The monoisotopic (exact) mass is 268 g/mol. The van der Waals surface area contributed by atoms with Gasteiger partial charge in [0.25, 0.3) is 0 Å². The van der Waals surface area contributed by atoms with Crippen LogP contribution in [0.2, 0.25) is 0 Å². The highest BCUT2D eigenvalue weighted by molar-refractivity contribution is 7.09. The van der Waals surface area contributed by atoms with Crippen molar-refractivity contribution in [3.05, 3.63) is 22.4 Å². The second-order valence-electron chi connectivity index (χ2n) is 5.27. The molecule has 0 radical (unpaired) electrons. The molecular formula is C14H24N2OS. The van der Waals surface area contributed by atoms with Crippen LogP contribution in [0, 0.1) is 5.92 Å². The summed E-state index contributed by atoms with van der Waals surface area (Å²) in [6.45, 7) is 2.49. The number of ether oxygens (including phenoxy) is 1. The van der Waals surface area contributed by atoms with Crippen molar-refractivity contribution in [2.75, 3.05) is 33.9 Å². The second-order valence-corrected chi connectivity index (χ2v) is 6.30. The Hall–Kier alpha value is -0.420. The first kappa shape index (κ1) is 14.0. The molecule has 1 heterocycles. The molecule has 1 aromatic rings. The van der Waals surface area contributed by atoms with E-state index in [1.54, 1.807) is 7.11 Å². The zero-order valence-electron chi connectivity index (χ0n) is 11.4. The predicted octanol–water partition coefficient (Wildman–Crippen LogP) is 1.98. The summed E-state index contributed by atoms with van der Waals surface area (Å²) in [5.74, 6) is 0.718. The zero-order chi connectivity index (χ0) is 13.0.